The smallest absolute Gasteiger partial charge is 0.383 e. The summed E-state index contributed by atoms with van der Waals surface area (Å²) in [5.41, 5.74) is 5.45. The van der Waals surface area contributed by atoms with Crippen LogP contribution in [0.1, 0.15) is 11.6 Å². The summed E-state index contributed by atoms with van der Waals surface area (Å²) < 4.78 is 46.8. The lowest BCUT2D eigenvalue weighted by Crippen LogP contribution is -2.19. The minimum absolute atomic E-state index is 0.149. The summed E-state index contributed by atoms with van der Waals surface area (Å²) in [6.45, 7) is -0.633. The van der Waals surface area contributed by atoms with E-state index in [0.29, 0.717) is 24.8 Å². The van der Waals surface area contributed by atoms with Gasteiger partial charge < -0.3 is 19.8 Å². The highest BCUT2D eigenvalue weighted by Crippen LogP contribution is 2.15. The van der Waals surface area contributed by atoms with Crippen molar-refractivity contribution in [2.75, 3.05) is 20.3 Å². The lowest BCUT2D eigenvalue weighted by atomic mass is 10.5. The van der Waals surface area contributed by atoms with Crippen LogP contribution in [0.25, 0.3) is 0 Å². The number of nitrogens with two attached hydrogens (primary N) is 1. The first-order valence-corrected chi connectivity index (χ1v) is 5.22. The quantitative estimate of drug-likeness (QED) is 0.777. The SMILES string of the molecule is COCCn1c(CN)nnc1COCC(F)(F)F. The molecule has 1 aromatic rings. The molecule has 0 atom stereocenters. The molecule has 0 amide bonds. The van der Waals surface area contributed by atoms with Crippen molar-refractivity contribution >= 4 is 0 Å². The van der Waals surface area contributed by atoms with Crippen molar-refractivity contribution in [2.45, 2.75) is 25.9 Å². The lowest BCUT2D eigenvalue weighted by molar-refractivity contribution is -0.177. The Kier molecular flexibility index (Phi) is 5.51. The summed E-state index contributed by atoms with van der Waals surface area (Å²) in [5, 5.41) is 7.52. The number of ether oxygens (including phenoxy) is 2. The summed E-state index contributed by atoms with van der Waals surface area (Å²) in [6.07, 6.45) is -4.35. The predicted molar refractivity (Wildman–Crippen MR) is 55.5 cm³/mol. The van der Waals surface area contributed by atoms with E-state index in [1.54, 1.807) is 4.57 Å². The Morgan fingerprint density at radius 1 is 1.28 bits per heavy atom. The van der Waals surface area contributed by atoms with Crippen molar-refractivity contribution in [3.05, 3.63) is 11.6 Å². The van der Waals surface area contributed by atoms with Crippen LogP contribution in [0.4, 0.5) is 13.2 Å². The molecule has 0 aliphatic carbocycles. The molecular formula is C9H15F3N4O2. The fourth-order valence-electron chi connectivity index (χ4n) is 1.33. The molecule has 1 heterocycles. The van der Waals surface area contributed by atoms with Gasteiger partial charge in [0, 0.05) is 13.7 Å². The van der Waals surface area contributed by atoms with Gasteiger partial charge in [0.15, 0.2) is 5.82 Å². The fraction of sp³-hybridized carbons (Fsp3) is 0.778. The highest BCUT2D eigenvalue weighted by Gasteiger charge is 2.27. The van der Waals surface area contributed by atoms with Crippen molar-refractivity contribution in [1.82, 2.24) is 14.8 Å². The number of nitrogens with zero attached hydrogens (tertiary/aromatic N) is 3. The van der Waals surface area contributed by atoms with Gasteiger partial charge in [0.25, 0.3) is 0 Å². The third-order valence-electron chi connectivity index (χ3n) is 2.10. The number of halogens is 3. The molecule has 0 aromatic carbocycles. The lowest BCUT2D eigenvalue weighted by Gasteiger charge is -2.10. The maximum Gasteiger partial charge on any atom is 0.411 e. The van der Waals surface area contributed by atoms with Gasteiger partial charge in [-0.05, 0) is 0 Å². The van der Waals surface area contributed by atoms with E-state index in [2.05, 4.69) is 14.9 Å². The van der Waals surface area contributed by atoms with E-state index in [4.69, 9.17) is 10.5 Å². The standard InChI is InChI=1S/C9H15F3N4O2/c1-17-3-2-16-7(4-13)14-15-8(16)5-18-6-9(10,11)12/h2-6,13H2,1H3. The number of alkyl halides is 3. The number of aromatic nitrogens is 3. The largest absolute Gasteiger partial charge is 0.411 e. The Morgan fingerprint density at radius 3 is 2.50 bits per heavy atom. The second-order valence-corrected chi connectivity index (χ2v) is 3.49. The van der Waals surface area contributed by atoms with Gasteiger partial charge >= 0.3 is 6.18 Å². The van der Waals surface area contributed by atoms with Gasteiger partial charge in [0.05, 0.1) is 13.2 Å². The van der Waals surface area contributed by atoms with Crippen molar-refractivity contribution < 1.29 is 22.6 Å². The van der Waals surface area contributed by atoms with Crippen LogP contribution in [0.2, 0.25) is 0 Å². The van der Waals surface area contributed by atoms with Gasteiger partial charge in [-0.1, -0.05) is 0 Å². The van der Waals surface area contributed by atoms with Crippen molar-refractivity contribution in [2.24, 2.45) is 5.73 Å². The summed E-state index contributed by atoms with van der Waals surface area (Å²) in [7, 11) is 1.52. The molecule has 0 bridgehead atoms. The van der Waals surface area contributed by atoms with Gasteiger partial charge in [-0.25, -0.2) is 0 Å². The molecule has 0 spiro atoms. The molecule has 6 nitrogen and oxygen atoms in total. The van der Waals surface area contributed by atoms with E-state index in [0.717, 1.165) is 0 Å². The maximum atomic E-state index is 11.9. The molecule has 1 aromatic heterocycles. The average Bonchev–Trinajstić information content (AvgIpc) is 2.67. The molecule has 0 unspecified atom stereocenters. The number of hydrogen-bond acceptors (Lipinski definition) is 5. The zero-order chi connectivity index (χ0) is 13.6. The van der Waals surface area contributed by atoms with Crippen LogP contribution in [-0.4, -0.2) is 41.3 Å². The average molecular weight is 268 g/mol. The Bertz CT molecular complexity index is 367. The Labute approximate surface area is 102 Å². The Hall–Kier alpha value is -1.19. The van der Waals surface area contributed by atoms with Crippen LogP contribution < -0.4 is 5.73 Å². The molecule has 0 aliphatic rings. The molecule has 0 fully saturated rings. The van der Waals surface area contributed by atoms with Crippen LogP contribution in [0.5, 0.6) is 0 Å². The summed E-state index contributed by atoms with van der Waals surface area (Å²) >= 11 is 0. The normalized spacial score (nSPS) is 12.1. The van der Waals surface area contributed by atoms with Crippen LogP contribution in [-0.2, 0) is 29.2 Å². The molecule has 9 heteroatoms. The molecular weight excluding hydrogens is 253 g/mol. The fourth-order valence-corrected chi connectivity index (χ4v) is 1.33. The van der Waals surface area contributed by atoms with E-state index >= 15 is 0 Å². The zero-order valence-electron chi connectivity index (χ0n) is 9.90. The number of methoxy groups -OCH3 is 1. The first-order chi connectivity index (χ1) is 8.48. The van der Waals surface area contributed by atoms with E-state index in [1.165, 1.54) is 7.11 Å². The minimum Gasteiger partial charge on any atom is -0.383 e. The molecule has 0 saturated heterocycles. The van der Waals surface area contributed by atoms with E-state index < -0.39 is 12.8 Å². The summed E-state index contributed by atoms with van der Waals surface area (Å²) in [6, 6.07) is 0. The molecule has 2 N–H and O–H groups in total. The number of hydrogen-bond donors (Lipinski definition) is 1. The van der Waals surface area contributed by atoms with Gasteiger partial charge in [0.2, 0.25) is 0 Å². The molecule has 0 saturated carbocycles. The first kappa shape index (κ1) is 14.9. The van der Waals surface area contributed by atoms with Crippen LogP contribution in [0.3, 0.4) is 0 Å². The Morgan fingerprint density at radius 2 is 1.94 bits per heavy atom. The first-order valence-electron chi connectivity index (χ1n) is 5.22. The highest BCUT2D eigenvalue weighted by molar-refractivity contribution is 4.94. The van der Waals surface area contributed by atoms with Gasteiger partial charge in [-0.2, -0.15) is 13.2 Å². The van der Waals surface area contributed by atoms with Gasteiger partial charge in [-0.3, -0.25) is 0 Å². The predicted octanol–water partition coefficient (Wildman–Crippen LogP) is 0.462. The van der Waals surface area contributed by atoms with Crippen molar-refractivity contribution in [1.29, 1.82) is 0 Å². The number of rotatable bonds is 7. The molecule has 1 rings (SSSR count). The third-order valence-corrected chi connectivity index (χ3v) is 2.10. The molecule has 0 aliphatic heterocycles. The molecule has 104 valence electrons. The van der Waals surface area contributed by atoms with Crippen molar-refractivity contribution in [3.63, 3.8) is 0 Å². The third kappa shape index (κ3) is 4.59. The van der Waals surface area contributed by atoms with Gasteiger partial charge in [0.1, 0.15) is 19.0 Å². The molecule has 18 heavy (non-hydrogen) atoms. The Balaban J connectivity index is 2.61. The van der Waals surface area contributed by atoms with E-state index in [-0.39, 0.29) is 13.2 Å². The second-order valence-electron chi connectivity index (χ2n) is 3.49. The summed E-state index contributed by atoms with van der Waals surface area (Å²) in [4.78, 5) is 0. The monoisotopic (exact) mass is 268 g/mol. The van der Waals surface area contributed by atoms with Crippen LogP contribution in [0.15, 0.2) is 0 Å². The van der Waals surface area contributed by atoms with Crippen molar-refractivity contribution in [3.8, 4) is 0 Å². The zero-order valence-corrected chi connectivity index (χ0v) is 9.90. The molecule has 0 radical (unpaired) electrons. The minimum atomic E-state index is -4.35. The van der Waals surface area contributed by atoms with E-state index in [1.807, 2.05) is 0 Å². The highest BCUT2D eigenvalue weighted by atomic mass is 19.4. The summed E-state index contributed by atoms with van der Waals surface area (Å²) in [5.74, 6) is 0.786. The van der Waals surface area contributed by atoms with Crippen LogP contribution in [0, 0.1) is 0 Å². The topological polar surface area (TPSA) is 75.2 Å². The maximum absolute atomic E-state index is 11.9. The van der Waals surface area contributed by atoms with E-state index in [9.17, 15) is 13.2 Å². The second kappa shape index (κ2) is 6.66. The van der Waals surface area contributed by atoms with Gasteiger partial charge in [-0.15, -0.1) is 10.2 Å². The van der Waals surface area contributed by atoms with Crippen LogP contribution >= 0.6 is 0 Å².